The second kappa shape index (κ2) is 12.7. The topological polar surface area (TPSA) is 77.7 Å². The predicted octanol–water partition coefficient (Wildman–Crippen LogP) is 6.03. The van der Waals surface area contributed by atoms with Crippen LogP contribution < -0.4 is 20.5 Å². The third-order valence-electron chi connectivity index (χ3n) is 9.58. The second-order valence-corrected chi connectivity index (χ2v) is 12.6. The molecule has 2 aromatic rings. The van der Waals surface area contributed by atoms with Crippen molar-refractivity contribution < 1.29 is 18.3 Å². The highest BCUT2D eigenvalue weighted by molar-refractivity contribution is 5.97. The van der Waals surface area contributed by atoms with E-state index in [1.807, 2.05) is 39.8 Å². The Morgan fingerprint density at radius 3 is 2.43 bits per heavy atom. The van der Waals surface area contributed by atoms with Crippen LogP contribution in [0.5, 0.6) is 5.75 Å². The lowest BCUT2D eigenvalue weighted by atomic mass is 9.86. The number of alkyl halides is 2. The van der Waals surface area contributed by atoms with Gasteiger partial charge in [-0.15, -0.1) is 0 Å². The summed E-state index contributed by atoms with van der Waals surface area (Å²) in [4.78, 5) is 33.7. The van der Waals surface area contributed by atoms with Crippen LogP contribution in [-0.4, -0.2) is 59.5 Å². The highest BCUT2D eigenvalue weighted by Gasteiger charge is 2.38. The van der Waals surface area contributed by atoms with Crippen LogP contribution in [-0.2, 0) is 6.54 Å². The molecule has 0 bridgehead atoms. The summed E-state index contributed by atoms with van der Waals surface area (Å²) in [5, 5.41) is 2.95. The summed E-state index contributed by atoms with van der Waals surface area (Å²) < 4.78 is 34.5. The molecule has 5 rings (SSSR count). The Hall–Kier alpha value is -2.94. The van der Waals surface area contributed by atoms with Crippen molar-refractivity contribution >= 4 is 11.6 Å². The number of nitrogens with zero attached hydrogens (tertiary/aromatic N) is 2. The van der Waals surface area contributed by atoms with Gasteiger partial charge in [-0.25, -0.2) is 8.78 Å². The van der Waals surface area contributed by atoms with Gasteiger partial charge in [0.25, 0.3) is 11.5 Å². The van der Waals surface area contributed by atoms with Gasteiger partial charge in [-0.2, -0.15) is 0 Å². The number of H-pyrrole nitrogens is 1. The molecule has 230 valence electrons. The summed E-state index contributed by atoms with van der Waals surface area (Å²) in [5.41, 5.74) is 4.04. The highest BCUT2D eigenvalue weighted by atomic mass is 19.3. The van der Waals surface area contributed by atoms with Crippen molar-refractivity contribution in [1.82, 2.24) is 15.2 Å². The number of amides is 1. The van der Waals surface area contributed by atoms with E-state index in [4.69, 9.17) is 4.74 Å². The Bertz CT molecular complexity index is 1320. The number of aryl methyl sites for hydroxylation is 2. The number of anilines is 1. The fourth-order valence-corrected chi connectivity index (χ4v) is 7.01. The Balaban J connectivity index is 1.38. The number of ether oxygens (including phenoxy) is 1. The summed E-state index contributed by atoms with van der Waals surface area (Å²) in [7, 11) is 0. The number of likely N-dealkylation sites (tertiary alicyclic amines) is 1. The maximum absolute atomic E-state index is 14.0. The van der Waals surface area contributed by atoms with E-state index in [-0.39, 0.29) is 43.0 Å². The Morgan fingerprint density at radius 2 is 1.79 bits per heavy atom. The molecule has 1 aliphatic heterocycles. The first-order valence-corrected chi connectivity index (χ1v) is 15.7. The van der Waals surface area contributed by atoms with Gasteiger partial charge in [-0.05, 0) is 89.7 Å². The van der Waals surface area contributed by atoms with Gasteiger partial charge in [0.05, 0.1) is 0 Å². The van der Waals surface area contributed by atoms with Gasteiger partial charge >= 0.3 is 0 Å². The van der Waals surface area contributed by atoms with Gasteiger partial charge in [0, 0.05) is 79.4 Å². The van der Waals surface area contributed by atoms with E-state index in [0.29, 0.717) is 42.3 Å². The summed E-state index contributed by atoms with van der Waals surface area (Å²) in [6.45, 7) is 10.7. The van der Waals surface area contributed by atoms with Crippen LogP contribution in [0.3, 0.4) is 0 Å². The lowest BCUT2D eigenvalue weighted by Crippen LogP contribution is -2.50. The number of hydrogen-bond donors (Lipinski definition) is 2. The third kappa shape index (κ3) is 6.82. The first-order chi connectivity index (χ1) is 20.0. The average Bonchev–Trinajstić information content (AvgIpc) is 2.92. The van der Waals surface area contributed by atoms with Gasteiger partial charge in [-0.3, -0.25) is 9.59 Å². The molecular formula is C33H46F2N4O3. The van der Waals surface area contributed by atoms with Crippen LogP contribution in [0.2, 0.25) is 0 Å². The lowest BCUT2D eigenvalue weighted by Gasteiger charge is -2.44. The molecule has 2 N–H and O–H groups in total. The highest BCUT2D eigenvalue weighted by Crippen LogP contribution is 2.40. The SMILES string of the molecule is CCN(c1cc(OC2CC(N3CCCCC3)C2)cc(C(=O)NCc2c(C)cc(C)[nH]c2=O)c1C)C1CCC(F)(F)CC1. The Kier molecular flexibility index (Phi) is 9.26. The zero-order valence-corrected chi connectivity index (χ0v) is 25.5. The number of nitrogens with one attached hydrogen (secondary N) is 2. The first kappa shape index (κ1) is 30.5. The molecule has 1 saturated heterocycles. The van der Waals surface area contributed by atoms with E-state index >= 15 is 0 Å². The van der Waals surface area contributed by atoms with Crippen molar-refractivity contribution in [2.24, 2.45) is 0 Å². The quantitative estimate of drug-likeness (QED) is 0.376. The van der Waals surface area contributed by atoms with Crippen LogP contribution in [0.25, 0.3) is 0 Å². The summed E-state index contributed by atoms with van der Waals surface area (Å²) >= 11 is 0. The maximum Gasteiger partial charge on any atom is 0.253 e. The molecule has 7 nitrogen and oxygen atoms in total. The van der Waals surface area contributed by atoms with Crippen molar-refractivity contribution in [3.05, 3.63) is 56.5 Å². The van der Waals surface area contributed by atoms with E-state index < -0.39 is 5.92 Å². The zero-order chi connectivity index (χ0) is 30.0. The smallest absolute Gasteiger partial charge is 0.253 e. The van der Waals surface area contributed by atoms with Crippen LogP contribution in [0.4, 0.5) is 14.5 Å². The predicted molar refractivity (Wildman–Crippen MR) is 162 cm³/mol. The number of aromatic amines is 1. The number of pyridine rings is 1. The number of rotatable bonds is 9. The fraction of sp³-hybridized carbons (Fsp3) is 0.636. The lowest BCUT2D eigenvalue weighted by molar-refractivity contribution is -0.0380. The van der Waals surface area contributed by atoms with Crippen molar-refractivity contribution in [3.8, 4) is 5.75 Å². The normalized spacial score (nSPS) is 22.8. The van der Waals surface area contributed by atoms with E-state index in [2.05, 4.69) is 20.1 Å². The Labute approximate surface area is 248 Å². The average molecular weight is 585 g/mol. The van der Waals surface area contributed by atoms with Gasteiger partial charge in [-0.1, -0.05) is 6.42 Å². The van der Waals surface area contributed by atoms with Crippen LogP contribution in [0, 0.1) is 20.8 Å². The van der Waals surface area contributed by atoms with E-state index in [1.54, 1.807) is 6.07 Å². The molecular weight excluding hydrogens is 538 g/mol. The van der Waals surface area contributed by atoms with E-state index in [0.717, 1.165) is 48.4 Å². The van der Waals surface area contributed by atoms with Crippen molar-refractivity contribution in [1.29, 1.82) is 0 Å². The molecule has 1 amide bonds. The maximum atomic E-state index is 14.0. The molecule has 0 unspecified atom stereocenters. The number of benzene rings is 1. The number of aromatic nitrogens is 1. The molecule has 0 atom stereocenters. The summed E-state index contributed by atoms with van der Waals surface area (Å²) in [6.07, 6.45) is 6.41. The largest absolute Gasteiger partial charge is 0.490 e. The molecule has 9 heteroatoms. The van der Waals surface area contributed by atoms with Crippen molar-refractivity contribution in [2.75, 3.05) is 24.5 Å². The zero-order valence-electron chi connectivity index (χ0n) is 25.5. The molecule has 1 aromatic carbocycles. The molecule has 0 radical (unpaired) electrons. The van der Waals surface area contributed by atoms with E-state index in [1.165, 1.54) is 19.3 Å². The number of piperidine rings is 1. The van der Waals surface area contributed by atoms with Gasteiger partial charge in [0.1, 0.15) is 11.9 Å². The van der Waals surface area contributed by atoms with Crippen molar-refractivity contribution in [3.63, 3.8) is 0 Å². The standard InChI is InChI=1S/C33H46F2N4O3/c1-5-39(24-9-11-33(34,35)12-10-24)30-19-27(42-26-16-25(17-26)38-13-7-6-8-14-38)18-28(23(30)4)31(40)36-20-29-21(2)15-22(3)37-32(29)41/h15,18-19,24-26H,5-14,16-17,20H2,1-4H3,(H,36,40)(H,37,41). The van der Waals surface area contributed by atoms with Crippen LogP contribution in [0.1, 0.15) is 97.5 Å². The summed E-state index contributed by atoms with van der Waals surface area (Å²) in [5.74, 6) is -2.27. The minimum atomic E-state index is -2.61. The van der Waals surface area contributed by atoms with Gasteiger partial charge in [0.15, 0.2) is 0 Å². The molecule has 3 fully saturated rings. The van der Waals surface area contributed by atoms with Gasteiger partial charge in [0.2, 0.25) is 5.92 Å². The molecule has 2 heterocycles. The second-order valence-electron chi connectivity index (χ2n) is 12.6. The third-order valence-corrected chi connectivity index (χ3v) is 9.58. The monoisotopic (exact) mass is 584 g/mol. The minimum Gasteiger partial charge on any atom is -0.490 e. The Morgan fingerprint density at radius 1 is 1.10 bits per heavy atom. The van der Waals surface area contributed by atoms with E-state index in [9.17, 15) is 18.4 Å². The molecule has 2 aliphatic carbocycles. The van der Waals surface area contributed by atoms with Gasteiger partial charge < -0.3 is 24.8 Å². The number of carbonyl (C=O) groups excluding carboxylic acids is 1. The molecule has 1 aromatic heterocycles. The number of hydrogen-bond acceptors (Lipinski definition) is 5. The fourth-order valence-electron chi connectivity index (χ4n) is 7.01. The molecule has 2 saturated carbocycles. The number of halogens is 2. The molecule has 3 aliphatic rings. The minimum absolute atomic E-state index is 0.0274. The van der Waals surface area contributed by atoms with Crippen LogP contribution >= 0.6 is 0 Å². The first-order valence-electron chi connectivity index (χ1n) is 15.7. The number of carbonyl (C=O) groups is 1. The van der Waals surface area contributed by atoms with Crippen LogP contribution in [0.15, 0.2) is 23.0 Å². The molecule has 0 spiro atoms. The van der Waals surface area contributed by atoms with Crippen molar-refractivity contribution in [2.45, 2.75) is 116 Å². The molecule has 42 heavy (non-hydrogen) atoms. The summed E-state index contributed by atoms with van der Waals surface area (Å²) in [6, 6.07) is 6.21.